The molecule has 2 aromatic rings. The van der Waals surface area contributed by atoms with E-state index >= 15 is 0 Å². The topological polar surface area (TPSA) is 67.9 Å². The van der Waals surface area contributed by atoms with Gasteiger partial charge in [-0.15, -0.1) is 0 Å². The largest absolute Gasteiger partial charge is 0.372 e. The van der Waals surface area contributed by atoms with Crippen LogP contribution in [0, 0.1) is 0 Å². The average molecular weight is 484 g/mol. The molecule has 2 fully saturated rings. The van der Waals surface area contributed by atoms with E-state index in [0.717, 1.165) is 45.0 Å². The van der Waals surface area contributed by atoms with Crippen LogP contribution >= 0.6 is 11.6 Å². The van der Waals surface area contributed by atoms with Crippen LogP contribution in [0.3, 0.4) is 0 Å². The number of carbonyl (C=O) groups excluding carboxylic acids is 2. The zero-order valence-corrected chi connectivity index (χ0v) is 20.4. The summed E-state index contributed by atoms with van der Waals surface area (Å²) in [7, 11) is 0. The Morgan fingerprint density at radius 2 is 1.26 bits per heavy atom. The number of anilines is 3. The van der Waals surface area contributed by atoms with Crippen LogP contribution in [0.2, 0.25) is 5.02 Å². The summed E-state index contributed by atoms with van der Waals surface area (Å²) in [5.41, 5.74) is 2.69. The number of carbonyl (C=O) groups is 2. The molecule has 2 amide bonds. The highest BCUT2D eigenvalue weighted by Gasteiger charge is 2.21. The highest BCUT2D eigenvalue weighted by molar-refractivity contribution is 6.33. The van der Waals surface area contributed by atoms with Crippen LogP contribution in [0.4, 0.5) is 17.1 Å². The Hall–Kier alpha value is -2.61. The minimum absolute atomic E-state index is 0.00700. The van der Waals surface area contributed by atoms with Gasteiger partial charge in [0.1, 0.15) is 0 Å². The first-order chi connectivity index (χ1) is 16.6. The Morgan fingerprint density at radius 1 is 0.706 bits per heavy atom. The first kappa shape index (κ1) is 24.5. The maximum Gasteiger partial charge on any atom is 0.238 e. The first-order valence-corrected chi connectivity index (χ1v) is 12.6. The molecule has 2 saturated heterocycles. The summed E-state index contributed by atoms with van der Waals surface area (Å²) in [5.74, 6) is -0.0876. The van der Waals surface area contributed by atoms with E-state index in [-0.39, 0.29) is 11.8 Å². The normalized spacial score (nSPS) is 17.7. The van der Waals surface area contributed by atoms with Crippen LogP contribution < -0.4 is 15.5 Å². The van der Waals surface area contributed by atoms with Crippen molar-refractivity contribution < 1.29 is 9.59 Å². The van der Waals surface area contributed by atoms with Gasteiger partial charge in [-0.3, -0.25) is 19.4 Å². The van der Waals surface area contributed by atoms with Gasteiger partial charge in [-0.1, -0.05) is 36.6 Å². The second-order valence-electron chi connectivity index (χ2n) is 9.08. The predicted molar refractivity (Wildman–Crippen MR) is 139 cm³/mol. The lowest BCUT2D eigenvalue weighted by atomic mass is 10.2. The minimum Gasteiger partial charge on any atom is -0.372 e. The fourth-order valence-corrected chi connectivity index (χ4v) is 4.73. The molecule has 0 spiro atoms. The smallest absolute Gasteiger partial charge is 0.238 e. The standard InChI is InChI=1S/C26H34ClN5O2/c27-23-7-3-4-8-24(23)29-26(34)20-31-17-15-30(16-18-31)19-25(33)28-21-9-11-22(12-10-21)32-13-5-1-2-6-14-32/h3-4,7-12H,1-2,5-6,13-20H2,(H,28,33)(H,29,34). The van der Waals surface area contributed by atoms with Crippen molar-refractivity contribution in [2.24, 2.45) is 0 Å². The Labute approximate surface area is 207 Å². The quantitative estimate of drug-likeness (QED) is 0.625. The van der Waals surface area contributed by atoms with Crippen molar-refractivity contribution in [2.75, 3.05) is 67.9 Å². The number of nitrogens with zero attached hydrogens (tertiary/aromatic N) is 3. The van der Waals surface area contributed by atoms with Gasteiger partial charge in [0, 0.05) is 50.6 Å². The summed E-state index contributed by atoms with van der Waals surface area (Å²) in [5, 5.41) is 6.41. The highest BCUT2D eigenvalue weighted by atomic mass is 35.5. The van der Waals surface area contributed by atoms with Gasteiger partial charge in [-0.2, -0.15) is 0 Å². The molecule has 0 radical (unpaired) electrons. The summed E-state index contributed by atoms with van der Waals surface area (Å²) < 4.78 is 0. The molecule has 2 aliphatic heterocycles. The number of amides is 2. The monoisotopic (exact) mass is 483 g/mol. The van der Waals surface area contributed by atoms with Crippen molar-refractivity contribution in [1.29, 1.82) is 0 Å². The molecule has 0 aliphatic carbocycles. The van der Waals surface area contributed by atoms with E-state index in [2.05, 4.69) is 37.5 Å². The van der Waals surface area contributed by atoms with Crippen molar-refractivity contribution in [3.63, 3.8) is 0 Å². The molecule has 0 saturated carbocycles. The van der Waals surface area contributed by atoms with E-state index in [4.69, 9.17) is 11.6 Å². The summed E-state index contributed by atoms with van der Waals surface area (Å²) in [6.45, 7) is 5.88. The van der Waals surface area contributed by atoms with E-state index in [1.54, 1.807) is 12.1 Å². The lowest BCUT2D eigenvalue weighted by molar-refractivity contribution is -0.120. The Kier molecular flexibility index (Phi) is 8.79. The fourth-order valence-electron chi connectivity index (χ4n) is 4.55. The predicted octanol–water partition coefficient (Wildman–Crippen LogP) is 3.92. The number of hydrogen-bond acceptors (Lipinski definition) is 5. The first-order valence-electron chi connectivity index (χ1n) is 12.2. The van der Waals surface area contributed by atoms with Crippen molar-refractivity contribution in [2.45, 2.75) is 25.7 Å². The molecule has 34 heavy (non-hydrogen) atoms. The number of benzene rings is 2. The van der Waals surface area contributed by atoms with Gasteiger partial charge in [0.25, 0.3) is 0 Å². The average Bonchev–Trinajstić information content (AvgIpc) is 3.12. The molecule has 2 aromatic carbocycles. The van der Waals surface area contributed by atoms with Crippen LogP contribution in [0.5, 0.6) is 0 Å². The molecule has 0 aromatic heterocycles. The van der Waals surface area contributed by atoms with Crippen LogP contribution in [-0.2, 0) is 9.59 Å². The number of hydrogen-bond donors (Lipinski definition) is 2. The molecular weight excluding hydrogens is 450 g/mol. The molecule has 2 aliphatic rings. The summed E-state index contributed by atoms with van der Waals surface area (Å²) in [6, 6.07) is 15.4. The summed E-state index contributed by atoms with van der Waals surface area (Å²) in [4.78, 5) is 31.6. The molecule has 0 bridgehead atoms. The van der Waals surface area contributed by atoms with E-state index in [9.17, 15) is 9.59 Å². The zero-order valence-electron chi connectivity index (χ0n) is 19.6. The molecule has 2 heterocycles. The van der Waals surface area contributed by atoms with Gasteiger partial charge in [0.05, 0.1) is 23.8 Å². The molecule has 2 N–H and O–H groups in total. The Balaban J connectivity index is 1.17. The maximum atomic E-state index is 12.6. The van der Waals surface area contributed by atoms with Crippen molar-refractivity contribution in [3.8, 4) is 0 Å². The number of nitrogens with one attached hydrogen (secondary N) is 2. The molecule has 4 rings (SSSR count). The molecule has 182 valence electrons. The van der Waals surface area contributed by atoms with Crippen LogP contribution in [0.15, 0.2) is 48.5 Å². The van der Waals surface area contributed by atoms with Crippen molar-refractivity contribution in [1.82, 2.24) is 9.80 Å². The van der Waals surface area contributed by atoms with Gasteiger partial charge >= 0.3 is 0 Å². The Morgan fingerprint density at radius 3 is 1.85 bits per heavy atom. The van der Waals surface area contributed by atoms with Gasteiger partial charge in [-0.05, 0) is 49.2 Å². The van der Waals surface area contributed by atoms with E-state index in [1.165, 1.54) is 31.4 Å². The third-order valence-corrected chi connectivity index (χ3v) is 6.80. The summed E-state index contributed by atoms with van der Waals surface area (Å²) in [6.07, 6.45) is 5.12. The van der Waals surface area contributed by atoms with Gasteiger partial charge in [0.2, 0.25) is 11.8 Å². The number of para-hydroxylation sites is 1. The second kappa shape index (κ2) is 12.2. The lowest BCUT2D eigenvalue weighted by Gasteiger charge is -2.33. The third-order valence-electron chi connectivity index (χ3n) is 6.47. The molecule has 0 unspecified atom stereocenters. The van der Waals surface area contributed by atoms with E-state index < -0.39 is 0 Å². The SMILES string of the molecule is O=C(CN1CCN(CC(=O)Nc2ccccc2Cl)CC1)Nc1ccc(N2CCCCCC2)cc1. The number of halogens is 1. The Bertz CT molecular complexity index is 952. The maximum absolute atomic E-state index is 12.6. The molecule has 0 atom stereocenters. The van der Waals surface area contributed by atoms with Crippen molar-refractivity contribution >= 4 is 40.5 Å². The third kappa shape index (κ3) is 7.19. The summed E-state index contributed by atoms with van der Waals surface area (Å²) >= 11 is 6.11. The van der Waals surface area contributed by atoms with E-state index in [0.29, 0.717) is 23.8 Å². The van der Waals surface area contributed by atoms with Crippen LogP contribution in [0.1, 0.15) is 25.7 Å². The van der Waals surface area contributed by atoms with E-state index in [1.807, 2.05) is 24.3 Å². The van der Waals surface area contributed by atoms with Crippen LogP contribution in [-0.4, -0.2) is 74.0 Å². The molecule has 7 nitrogen and oxygen atoms in total. The second-order valence-corrected chi connectivity index (χ2v) is 9.48. The van der Waals surface area contributed by atoms with Gasteiger partial charge < -0.3 is 15.5 Å². The highest BCUT2D eigenvalue weighted by Crippen LogP contribution is 2.22. The number of piperazine rings is 1. The lowest BCUT2D eigenvalue weighted by Crippen LogP contribution is -2.50. The molecular formula is C26H34ClN5O2. The zero-order chi connectivity index (χ0) is 23.8. The molecule has 8 heteroatoms. The van der Waals surface area contributed by atoms with Gasteiger partial charge in [0.15, 0.2) is 0 Å². The van der Waals surface area contributed by atoms with Crippen molar-refractivity contribution in [3.05, 3.63) is 53.6 Å². The number of rotatable bonds is 7. The fraction of sp³-hybridized carbons (Fsp3) is 0.462. The van der Waals surface area contributed by atoms with Crippen LogP contribution in [0.25, 0.3) is 0 Å². The van der Waals surface area contributed by atoms with Gasteiger partial charge in [-0.25, -0.2) is 0 Å². The minimum atomic E-state index is -0.0806.